The van der Waals surface area contributed by atoms with E-state index >= 15 is 0 Å². The number of para-hydroxylation sites is 1. The minimum atomic E-state index is -0.980. The van der Waals surface area contributed by atoms with Crippen molar-refractivity contribution in [2.75, 3.05) is 17.2 Å². The van der Waals surface area contributed by atoms with Crippen molar-refractivity contribution in [3.8, 4) is 0 Å². The number of hydrogen-bond acceptors (Lipinski definition) is 3. The van der Waals surface area contributed by atoms with Crippen molar-refractivity contribution in [1.29, 1.82) is 0 Å². The fourth-order valence-corrected chi connectivity index (χ4v) is 2.19. The third kappa shape index (κ3) is 2.06. The van der Waals surface area contributed by atoms with Gasteiger partial charge in [0.25, 0.3) is 0 Å². The molecular weight excluding hydrogens is 244 g/mol. The van der Waals surface area contributed by atoms with Gasteiger partial charge in [0, 0.05) is 13.0 Å². The third-order valence-corrected chi connectivity index (χ3v) is 3.07. The highest BCUT2D eigenvalue weighted by atomic mass is 35.5. The van der Waals surface area contributed by atoms with Crippen LogP contribution in [-0.4, -0.2) is 23.5 Å². The Balaban J connectivity index is 2.35. The van der Waals surface area contributed by atoms with E-state index in [0.717, 1.165) is 0 Å². The molecule has 1 aliphatic rings. The van der Waals surface area contributed by atoms with Crippen LogP contribution in [0, 0.1) is 5.92 Å². The van der Waals surface area contributed by atoms with Gasteiger partial charge in [-0.25, -0.2) is 0 Å². The summed E-state index contributed by atoms with van der Waals surface area (Å²) < 4.78 is 0. The van der Waals surface area contributed by atoms with Crippen LogP contribution in [0.25, 0.3) is 0 Å². The van der Waals surface area contributed by atoms with Crippen molar-refractivity contribution >= 4 is 34.9 Å². The molecule has 1 saturated heterocycles. The molecule has 0 radical (unpaired) electrons. The van der Waals surface area contributed by atoms with E-state index in [1.54, 1.807) is 18.2 Å². The molecule has 6 heteroatoms. The number of carbonyl (C=O) groups is 2. The number of aliphatic carboxylic acids is 1. The molecule has 1 aliphatic heterocycles. The van der Waals surface area contributed by atoms with E-state index in [9.17, 15) is 9.59 Å². The van der Waals surface area contributed by atoms with E-state index in [2.05, 4.69) is 0 Å². The number of carboxylic acids is 1. The van der Waals surface area contributed by atoms with E-state index in [0.29, 0.717) is 16.4 Å². The van der Waals surface area contributed by atoms with Crippen LogP contribution in [-0.2, 0) is 9.59 Å². The number of benzene rings is 1. The molecule has 1 amide bonds. The first-order chi connectivity index (χ1) is 8.00. The summed E-state index contributed by atoms with van der Waals surface area (Å²) in [6.45, 7) is 0.113. The summed E-state index contributed by atoms with van der Waals surface area (Å²) in [6.07, 6.45) is -0.0139. The minimum Gasteiger partial charge on any atom is -0.481 e. The molecule has 0 aliphatic carbocycles. The molecule has 1 atom stereocenters. The lowest BCUT2D eigenvalue weighted by Gasteiger charge is -2.19. The quantitative estimate of drug-likeness (QED) is 0.781. The normalized spacial score (nSPS) is 19.7. The molecule has 0 aromatic heterocycles. The van der Waals surface area contributed by atoms with Gasteiger partial charge in [-0.2, -0.15) is 0 Å². The zero-order valence-electron chi connectivity index (χ0n) is 8.89. The molecular formula is C11H11ClN2O3. The Bertz CT molecular complexity index is 469. The summed E-state index contributed by atoms with van der Waals surface area (Å²) in [6, 6.07) is 4.92. The SMILES string of the molecule is Nc1cccc(Cl)c1N1CC(C(=O)O)CC1=O. The van der Waals surface area contributed by atoms with Crippen LogP contribution in [0.1, 0.15) is 6.42 Å². The second-order valence-corrected chi connectivity index (χ2v) is 4.33. The summed E-state index contributed by atoms with van der Waals surface area (Å²) in [5, 5.41) is 9.24. The van der Waals surface area contributed by atoms with Crippen molar-refractivity contribution in [2.24, 2.45) is 5.92 Å². The van der Waals surface area contributed by atoms with Gasteiger partial charge in [-0.15, -0.1) is 0 Å². The van der Waals surface area contributed by atoms with Gasteiger partial charge in [0.05, 0.1) is 22.3 Å². The Morgan fingerprint density at radius 3 is 2.76 bits per heavy atom. The Morgan fingerprint density at radius 1 is 1.53 bits per heavy atom. The summed E-state index contributed by atoms with van der Waals surface area (Å²) in [5.74, 6) is -1.94. The van der Waals surface area contributed by atoms with E-state index in [1.165, 1.54) is 4.90 Å². The Kier molecular flexibility index (Phi) is 2.93. The highest BCUT2D eigenvalue weighted by Gasteiger charge is 2.36. The van der Waals surface area contributed by atoms with Crippen LogP contribution in [0.15, 0.2) is 18.2 Å². The van der Waals surface area contributed by atoms with Gasteiger partial charge in [-0.1, -0.05) is 17.7 Å². The second kappa shape index (κ2) is 4.25. The first-order valence-electron chi connectivity index (χ1n) is 5.08. The van der Waals surface area contributed by atoms with E-state index in [1.807, 2.05) is 0 Å². The molecule has 1 aromatic rings. The topological polar surface area (TPSA) is 83.6 Å². The number of hydrogen-bond donors (Lipinski definition) is 2. The number of amides is 1. The van der Waals surface area contributed by atoms with Crippen LogP contribution >= 0.6 is 11.6 Å². The highest BCUT2D eigenvalue weighted by Crippen LogP contribution is 2.35. The number of nitrogens with zero attached hydrogens (tertiary/aromatic N) is 1. The first-order valence-corrected chi connectivity index (χ1v) is 5.45. The number of carboxylic acid groups (broad SMARTS) is 1. The van der Waals surface area contributed by atoms with Crippen molar-refractivity contribution in [1.82, 2.24) is 0 Å². The Morgan fingerprint density at radius 2 is 2.24 bits per heavy atom. The standard InChI is InChI=1S/C11H11ClN2O3/c12-7-2-1-3-8(13)10(7)14-5-6(11(16)17)4-9(14)15/h1-3,6H,4-5,13H2,(H,16,17). The van der Waals surface area contributed by atoms with Crippen LogP contribution in [0.3, 0.4) is 0 Å². The lowest BCUT2D eigenvalue weighted by atomic mass is 10.1. The van der Waals surface area contributed by atoms with E-state index < -0.39 is 11.9 Å². The van der Waals surface area contributed by atoms with Gasteiger partial charge < -0.3 is 15.7 Å². The zero-order chi connectivity index (χ0) is 12.6. The minimum absolute atomic E-state index is 0.0139. The smallest absolute Gasteiger partial charge is 0.308 e. The number of carbonyl (C=O) groups excluding carboxylic acids is 1. The lowest BCUT2D eigenvalue weighted by molar-refractivity contribution is -0.141. The lowest BCUT2D eigenvalue weighted by Crippen LogP contribution is -2.26. The largest absolute Gasteiger partial charge is 0.481 e. The van der Waals surface area contributed by atoms with E-state index in [-0.39, 0.29) is 18.9 Å². The maximum atomic E-state index is 11.7. The monoisotopic (exact) mass is 254 g/mol. The highest BCUT2D eigenvalue weighted by molar-refractivity contribution is 6.34. The number of halogens is 1. The number of anilines is 2. The maximum absolute atomic E-state index is 11.7. The molecule has 17 heavy (non-hydrogen) atoms. The van der Waals surface area contributed by atoms with Gasteiger partial charge >= 0.3 is 5.97 Å². The zero-order valence-corrected chi connectivity index (χ0v) is 9.65. The molecule has 0 saturated carbocycles. The van der Waals surface area contributed by atoms with Gasteiger partial charge in [-0.3, -0.25) is 9.59 Å². The van der Waals surface area contributed by atoms with Crippen LogP contribution in [0.4, 0.5) is 11.4 Å². The predicted molar refractivity (Wildman–Crippen MR) is 64.0 cm³/mol. The van der Waals surface area contributed by atoms with Crippen molar-refractivity contribution < 1.29 is 14.7 Å². The molecule has 3 N–H and O–H groups in total. The maximum Gasteiger partial charge on any atom is 0.308 e. The average Bonchev–Trinajstić information content (AvgIpc) is 2.61. The first kappa shape index (κ1) is 11.7. The molecule has 1 aromatic carbocycles. The van der Waals surface area contributed by atoms with Crippen molar-refractivity contribution in [2.45, 2.75) is 6.42 Å². The molecule has 1 fully saturated rings. The van der Waals surface area contributed by atoms with Crippen LogP contribution < -0.4 is 10.6 Å². The number of nitrogen functional groups attached to an aromatic ring is 1. The molecule has 5 nitrogen and oxygen atoms in total. The Hall–Kier alpha value is -1.75. The second-order valence-electron chi connectivity index (χ2n) is 3.92. The van der Waals surface area contributed by atoms with Crippen LogP contribution in [0.2, 0.25) is 5.02 Å². The summed E-state index contributed by atoms with van der Waals surface area (Å²) in [7, 11) is 0. The third-order valence-electron chi connectivity index (χ3n) is 2.76. The van der Waals surface area contributed by atoms with Gasteiger partial charge in [0.15, 0.2) is 0 Å². The van der Waals surface area contributed by atoms with Crippen LogP contribution in [0.5, 0.6) is 0 Å². The molecule has 2 rings (SSSR count). The summed E-state index contributed by atoms with van der Waals surface area (Å²) >= 11 is 5.98. The molecule has 0 spiro atoms. The fourth-order valence-electron chi connectivity index (χ4n) is 1.91. The van der Waals surface area contributed by atoms with Gasteiger partial charge in [-0.05, 0) is 12.1 Å². The molecule has 90 valence electrons. The fraction of sp³-hybridized carbons (Fsp3) is 0.273. The number of nitrogens with two attached hydrogens (primary N) is 1. The van der Waals surface area contributed by atoms with Gasteiger partial charge in [0.1, 0.15) is 0 Å². The average molecular weight is 255 g/mol. The molecule has 1 heterocycles. The number of rotatable bonds is 2. The van der Waals surface area contributed by atoms with E-state index in [4.69, 9.17) is 22.4 Å². The summed E-state index contributed by atoms with van der Waals surface area (Å²) in [5.41, 5.74) is 6.54. The van der Waals surface area contributed by atoms with Crippen molar-refractivity contribution in [3.63, 3.8) is 0 Å². The van der Waals surface area contributed by atoms with Crippen molar-refractivity contribution in [3.05, 3.63) is 23.2 Å². The van der Waals surface area contributed by atoms with Gasteiger partial charge in [0.2, 0.25) is 5.91 Å². The molecule has 1 unspecified atom stereocenters. The Labute approximate surface area is 103 Å². The summed E-state index contributed by atoms with van der Waals surface area (Å²) in [4.78, 5) is 23.9. The molecule has 0 bridgehead atoms. The predicted octanol–water partition coefficient (Wildman–Crippen LogP) is 1.36.